The smallest absolute Gasteiger partial charge is 0.341 e. The Bertz CT molecular complexity index is 712. The molecule has 0 spiro atoms. The van der Waals surface area contributed by atoms with Crippen molar-refractivity contribution >= 4 is 22.3 Å². The molecule has 1 aliphatic heterocycles. The van der Waals surface area contributed by atoms with Gasteiger partial charge in [-0.2, -0.15) is 0 Å². The van der Waals surface area contributed by atoms with Crippen LogP contribution in [0.15, 0.2) is 36.4 Å². The van der Waals surface area contributed by atoms with Gasteiger partial charge < -0.3 is 14.8 Å². The Balaban J connectivity index is 1.90. The van der Waals surface area contributed by atoms with Gasteiger partial charge in [-0.05, 0) is 45.2 Å². The fraction of sp³-hybridized carbons (Fsp3) is 0.450. The molecule has 0 radical (unpaired) electrons. The maximum absolute atomic E-state index is 12.7. The molecule has 1 aliphatic rings. The van der Waals surface area contributed by atoms with Crippen LogP contribution in [0.3, 0.4) is 0 Å². The van der Waals surface area contributed by atoms with Gasteiger partial charge >= 0.3 is 5.97 Å². The van der Waals surface area contributed by atoms with E-state index in [-0.39, 0.29) is 12.0 Å². The maximum Gasteiger partial charge on any atom is 0.341 e. The van der Waals surface area contributed by atoms with E-state index in [2.05, 4.69) is 17.4 Å². The van der Waals surface area contributed by atoms with Crippen LogP contribution < -0.4 is 5.32 Å². The zero-order valence-electron chi connectivity index (χ0n) is 15.0. The largest absolute Gasteiger partial charge is 0.456 e. The monoisotopic (exact) mass is 359 g/mol. The molecule has 0 bridgehead atoms. The average Bonchev–Trinajstić information content (AvgIpc) is 2.99. The Kier molecular flexibility index (Phi) is 5.45. The predicted octanol–water partition coefficient (Wildman–Crippen LogP) is 4.96. The van der Waals surface area contributed by atoms with E-state index in [4.69, 9.17) is 9.47 Å². The van der Waals surface area contributed by atoms with Crippen LogP contribution in [-0.2, 0) is 9.47 Å². The van der Waals surface area contributed by atoms with E-state index in [1.54, 1.807) is 11.3 Å². The lowest BCUT2D eigenvalue weighted by atomic mass is 10.1. The van der Waals surface area contributed by atoms with Crippen LogP contribution in [0.4, 0.5) is 5.00 Å². The summed E-state index contributed by atoms with van der Waals surface area (Å²) in [6.45, 7) is 7.15. The third-order valence-electron chi connectivity index (χ3n) is 3.90. The molecular weight excluding hydrogens is 334 g/mol. The van der Waals surface area contributed by atoms with Crippen LogP contribution in [0.1, 0.15) is 44.0 Å². The summed E-state index contributed by atoms with van der Waals surface area (Å²) in [4.78, 5) is 13.7. The molecule has 1 fully saturated rings. The third-order valence-corrected chi connectivity index (χ3v) is 5.02. The predicted molar refractivity (Wildman–Crippen MR) is 102 cm³/mol. The highest BCUT2D eigenvalue weighted by molar-refractivity contribution is 7.19. The molecule has 25 heavy (non-hydrogen) atoms. The summed E-state index contributed by atoms with van der Waals surface area (Å²) in [7, 11) is 0. The van der Waals surface area contributed by atoms with Crippen LogP contribution in [0.25, 0.3) is 10.4 Å². The molecule has 1 atom stereocenters. The van der Waals surface area contributed by atoms with Gasteiger partial charge in [0.25, 0.3) is 0 Å². The number of esters is 1. The highest BCUT2D eigenvalue weighted by Gasteiger charge is 2.25. The number of ether oxygens (including phenoxy) is 2. The van der Waals surface area contributed by atoms with Crippen molar-refractivity contribution in [1.29, 1.82) is 0 Å². The summed E-state index contributed by atoms with van der Waals surface area (Å²) in [5, 5.41) is 4.36. The lowest BCUT2D eigenvalue weighted by Crippen LogP contribution is -2.30. The van der Waals surface area contributed by atoms with Gasteiger partial charge in [-0.15, -0.1) is 11.3 Å². The van der Waals surface area contributed by atoms with E-state index in [1.807, 2.05) is 45.0 Å². The van der Waals surface area contributed by atoms with Crippen LogP contribution in [0.2, 0.25) is 0 Å². The first-order chi connectivity index (χ1) is 11.9. The van der Waals surface area contributed by atoms with E-state index in [0.717, 1.165) is 34.9 Å². The van der Waals surface area contributed by atoms with Gasteiger partial charge in [-0.1, -0.05) is 30.3 Å². The molecule has 5 heteroatoms. The highest BCUT2D eigenvalue weighted by atomic mass is 32.1. The number of carbonyl (C=O) groups excluding carboxylic acids is 1. The quantitative estimate of drug-likeness (QED) is 0.784. The lowest BCUT2D eigenvalue weighted by molar-refractivity contribution is 0.00709. The molecular formula is C20H25NO3S. The average molecular weight is 359 g/mol. The highest BCUT2D eigenvalue weighted by Crippen LogP contribution is 2.37. The number of thiophene rings is 1. The van der Waals surface area contributed by atoms with Gasteiger partial charge in [0.15, 0.2) is 0 Å². The van der Waals surface area contributed by atoms with Crippen molar-refractivity contribution < 1.29 is 14.3 Å². The number of benzene rings is 1. The fourth-order valence-corrected chi connectivity index (χ4v) is 3.90. The normalized spacial score (nSPS) is 18.0. The number of hydrogen-bond acceptors (Lipinski definition) is 5. The standard InChI is InChI=1S/C20H25NO3S/c1-20(2,3)24-19(22)16-12-17(14-8-5-4-6-9-14)25-18(16)21-15-10-7-11-23-13-15/h4-6,8-9,12,15,21H,7,10-11,13H2,1-3H3. The summed E-state index contributed by atoms with van der Waals surface area (Å²) in [6.07, 6.45) is 2.09. The number of carbonyl (C=O) groups is 1. The molecule has 1 N–H and O–H groups in total. The summed E-state index contributed by atoms with van der Waals surface area (Å²) >= 11 is 1.59. The summed E-state index contributed by atoms with van der Waals surface area (Å²) in [5.41, 5.74) is 1.19. The summed E-state index contributed by atoms with van der Waals surface area (Å²) < 4.78 is 11.2. The van der Waals surface area contributed by atoms with E-state index in [0.29, 0.717) is 12.2 Å². The molecule has 3 rings (SSSR count). The topological polar surface area (TPSA) is 47.6 Å². The molecule has 1 aromatic heterocycles. The van der Waals surface area contributed by atoms with Crippen molar-refractivity contribution in [3.05, 3.63) is 42.0 Å². The van der Waals surface area contributed by atoms with Gasteiger partial charge in [0.05, 0.1) is 18.2 Å². The minimum Gasteiger partial charge on any atom is -0.456 e. The SMILES string of the molecule is CC(C)(C)OC(=O)c1cc(-c2ccccc2)sc1NC1CCCOC1. The van der Waals surface area contributed by atoms with Crippen LogP contribution >= 0.6 is 11.3 Å². The second-order valence-corrected chi connectivity index (χ2v) is 8.33. The van der Waals surface area contributed by atoms with Gasteiger partial charge in [0, 0.05) is 11.5 Å². The Morgan fingerprint density at radius 3 is 2.68 bits per heavy atom. The van der Waals surface area contributed by atoms with Crippen molar-refractivity contribution in [2.24, 2.45) is 0 Å². The van der Waals surface area contributed by atoms with Crippen molar-refractivity contribution in [2.75, 3.05) is 18.5 Å². The first-order valence-electron chi connectivity index (χ1n) is 8.69. The van der Waals surface area contributed by atoms with Crippen molar-refractivity contribution in [3.63, 3.8) is 0 Å². The first kappa shape index (κ1) is 18.0. The summed E-state index contributed by atoms with van der Waals surface area (Å²) in [6, 6.07) is 12.3. The van der Waals surface area contributed by atoms with Gasteiger partial charge in [-0.3, -0.25) is 0 Å². The third kappa shape index (κ3) is 4.83. The molecule has 0 aliphatic carbocycles. The molecule has 0 saturated carbocycles. The molecule has 2 heterocycles. The second-order valence-electron chi connectivity index (χ2n) is 7.28. The van der Waals surface area contributed by atoms with Crippen LogP contribution in [0.5, 0.6) is 0 Å². The van der Waals surface area contributed by atoms with Crippen LogP contribution in [-0.4, -0.2) is 30.8 Å². The van der Waals surface area contributed by atoms with Crippen molar-refractivity contribution in [2.45, 2.75) is 45.3 Å². The minimum atomic E-state index is -0.517. The molecule has 1 saturated heterocycles. The molecule has 134 valence electrons. The summed E-state index contributed by atoms with van der Waals surface area (Å²) in [5.74, 6) is -0.287. The van der Waals surface area contributed by atoms with E-state index in [1.165, 1.54) is 0 Å². The Morgan fingerprint density at radius 1 is 1.28 bits per heavy atom. The minimum absolute atomic E-state index is 0.234. The van der Waals surface area contributed by atoms with Crippen molar-refractivity contribution in [3.8, 4) is 10.4 Å². The Hall–Kier alpha value is -1.85. The molecule has 1 aromatic carbocycles. The van der Waals surface area contributed by atoms with Crippen molar-refractivity contribution in [1.82, 2.24) is 0 Å². The van der Waals surface area contributed by atoms with Gasteiger partial charge in [-0.25, -0.2) is 4.79 Å². The fourth-order valence-electron chi connectivity index (χ4n) is 2.77. The second kappa shape index (κ2) is 7.58. The zero-order chi connectivity index (χ0) is 17.9. The zero-order valence-corrected chi connectivity index (χ0v) is 15.8. The number of hydrogen-bond donors (Lipinski definition) is 1. The Labute approximate surface area is 153 Å². The molecule has 4 nitrogen and oxygen atoms in total. The molecule has 0 amide bonds. The van der Waals surface area contributed by atoms with E-state index >= 15 is 0 Å². The van der Waals surface area contributed by atoms with E-state index < -0.39 is 5.60 Å². The van der Waals surface area contributed by atoms with E-state index in [9.17, 15) is 4.79 Å². The lowest BCUT2D eigenvalue weighted by Gasteiger charge is -2.24. The van der Waals surface area contributed by atoms with Gasteiger partial charge in [0.2, 0.25) is 0 Å². The first-order valence-corrected chi connectivity index (χ1v) is 9.51. The Morgan fingerprint density at radius 2 is 2.04 bits per heavy atom. The molecule has 1 unspecified atom stereocenters. The number of nitrogens with one attached hydrogen (secondary N) is 1. The maximum atomic E-state index is 12.7. The van der Waals surface area contributed by atoms with Gasteiger partial charge in [0.1, 0.15) is 10.6 Å². The number of anilines is 1. The molecule has 2 aromatic rings. The number of rotatable bonds is 4. The van der Waals surface area contributed by atoms with Crippen LogP contribution in [0, 0.1) is 0 Å².